The summed E-state index contributed by atoms with van der Waals surface area (Å²) in [7, 11) is 0. The number of nitrogens with zero attached hydrogens (tertiary/aromatic N) is 3. The average molecular weight is 262 g/mol. The predicted molar refractivity (Wildman–Crippen MR) is 73.2 cm³/mol. The SMILES string of the molecule is C=C/C=C(/C=C(\C)Cl)Nc1ncnc2nc[nH]c12. The van der Waals surface area contributed by atoms with E-state index >= 15 is 0 Å². The van der Waals surface area contributed by atoms with Crippen molar-refractivity contribution >= 4 is 28.6 Å². The summed E-state index contributed by atoms with van der Waals surface area (Å²) < 4.78 is 0. The third-order valence-electron chi connectivity index (χ3n) is 2.14. The molecule has 0 spiro atoms. The van der Waals surface area contributed by atoms with Crippen molar-refractivity contribution in [1.29, 1.82) is 0 Å². The lowest BCUT2D eigenvalue weighted by molar-refractivity contribution is 1.19. The van der Waals surface area contributed by atoms with Crippen LogP contribution in [-0.4, -0.2) is 19.9 Å². The van der Waals surface area contributed by atoms with Gasteiger partial charge in [0, 0.05) is 10.7 Å². The standard InChI is InChI=1S/C12H12ClN5/c1-3-4-9(5-8(2)13)18-12-10-11(15-6-14-10)16-7-17-12/h3-7H,1H2,2H3,(H2,14,15,16,17,18)/b8-5+,9-4-. The number of aromatic nitrogens is 4. The Balaban J connectivity index is 2.37. The normalized spacial score (nSPS) is 12.8. The van der Waals surface area contributed by atoms with Gasteiger partial charge in [-0.2, -0.15) is 0 Å². The molecule has 6 heteroatoms. The number of halogens is 1. The van der Waals surface area contributed by atoms with Gasteiger partial charge in [0.25, 0.3) is 0 Å². The van der Waals surface area contributed by atoms with E-state index in [0.717, 1.165) is 11.2 Å². The highest BCUT2D eigenvalue weighted by Crippen LogP contribution is 2.17. The van der Waals surface area contributed by atoms with Crippen molar-refractivity contribution in [3.63, 3.8) is 0 Å². The predicted octanol–water partition coefficient (Wildman–Crippen LogP) is 2.98. The van der Waals surface area contributed by atoms with E-state index in [1.165, 1.54) is 6.33 Å². The van der Waals surface area contributed by atoms with Gasteiger partial charge < -0.3 is 10.3 Å². The van der Waals surface area contributed by atoms with Crippen LogP contribution in [0.3, 0.4) is 0 Å². The van der Waals surface area contributed by atoms with Gasteiger partial charge in [-0.25, -0.2) is 15.0 Å². The molecule has 5 nitrogen and oxygen atoms in total. The Morgan fingerprint density at radius 3 is 3.00 bits per heavy atom. The van der Waals surface area contributed by atoms with Crippen molar-refractivity contribution in [2.45, 2.75) is 6.92 Å². The summed E-state index contributed by atoms with van der Waals surface area (Å²) in [5.74, 6) is 0.639. The molecule has 0 unspecified atom stereocenters. The van der Waals surface area contributed by atoms with Crippen molar-refractivity contribution in [3.05, 3.63) is 48.2 Å². The zero-order valence-corrected chi connectivity index (χ0v) is 10.6. The van der Waals surface area contributed by atoms with Crippen LogP contribution in [0.25, 0.3) is 11.2 Å². The number of anilines is 1. The maximum atomic E-state index is 5.86. The van der Waals surface area contributed by atoms with Gasteiger partial charge in [0.15, 0.2) is 11.5 Å². The summed E-state index contributed by atoms with van der Waals surface area (Å²) >= 11 is 5.86. The molecule has 92 valence electrons. The maximum Gasteiger partial charge on any atom is 0.182 e. The minimum atomic E-state index is 0.608. The molecule has 0 saturated carbocycles. The molecule has 0 aliphatic heterocycles. The number of aromatic amines is 1. The van der Waals surface area contributed by atoms with Gasteiger partial charge in [0.2, 0.25) is 0 Å². The lowest BCUT2D eigenvalue weighted by Crippen LogP contribution is -2.00. The molecule has 2 rings (SSSR count). The number of imidazole rings is 1. The summed E-state index contributed by atoms with van der Waals surface area (Å²) in [6.07, 6.45) is 8.28. The second-order valence-electron chi connectivity index (χ2n) is 3.54. The smallest absolute Gasteiger partial charge is 0.182 e. The highest BCUT2D eigenvalue weighted by molar-refractivity contribution is 6.29. The average Bonchev–Trinajstić information content (AvgIpc) is 2.77. The lowest BCUT2D eigenvalue weighted by atomic mass is 10.3. The molecule has 0 fully saturated rings. The zero-order valence-electron chi connectivity index (χ0n) is 9.81. The fourth-order valence-corrected chi connectivity index (χ4v) is 1.58. The molecule has 2 heterocycles. The maximum absolute atomic E-state index is 5.86. The van der Waals surface area contributed by atoms with Crippen LogP contribution in [0.15, 0.2) is 48.2 Å². The van der Waals surface area contributed by atoms with Crippen LogP contribution in [-0.2, 0) is 0 Å². The largest absolute Gasteiger partial charge is 0.340 e. The van der Waals surface area contributed by atoms with Crippen LogP contribution in [0, 0.1) is 0 Å². The Kier molecular flexibility index (Phi) is 3.74. The van der Waals surface area contributed by atoms with Crippen LogP contribution in [0.2, 0.25) is 0 Å². The van der Waals surface area contributed by atoms with E-state index < -0.39 is 0 Å². The first-order valence-electron chi connectivity index (χ1n) is 5.28. The first kappa shape index (κ1) is 12.3. The van der Waals surface area contributed by atoms with Gasteiger partial charge in [0.05, 0.1) is 6.33 Å². The number of hydrogen-bond donors (Lipinski definition) is 2. The molecule has 2 N–H and O–H groups in total. The zero-order chi connectivity index (χ0) is 13.0. The summed E-state index contributed by atoms with van der Waals surface area (Å²) in [6, 6.07) is 0. The highest BCUT2D eigenvalue weighted by atomic mass is 35.5. The van der Waals surface area contributed by atoms with E-state index in [-0.39, 0.29) is 0 Å². The highest BCUT2D eigenvalue weighted by Gasteiger charge is 2.05. The lowest BCUT2D eigenvalue weighted by Gasteiger charge is -2.06. The third-order valence-corrected chi connectivity index (χ3v) is 2.25. The van der Waals surface area contributed by atoms with Crippen LogP contribution in [0.1, 0.15) is 6.92 Å². The molecule has 18 heavy (non-hydrogen) atoms. The Morgan fingerprint density at radius 1 is 1.44 bits per heavy atom. The Hall–Kier alpha value is -2.14. The minimum Gasteiger partial charge on any atom is -0.340 e. The van der Waals surface area contributed by atoms with Gasteiger partial charge in [0.1, 0.15) is 11.8 Å². The van der Waals surface area contributed by atoms with E-state index in [1.807, 2.05) is 0 Å². The molecule has 2 aromatic heterocycles. The first-order chi connectivity index (χ1) is 8.70. The van der Waals surface area contributed by atoms with E-state index in [9.17, 15) is 0 Å². The van der Waals surface area contributed by atoms with Crippen molar-refractivity contribution in [2.75, 3.05) is 5.32 Å². The molecular formula is C12H12ClN5. The molecule has 0 aromatic carbocycles. The van der Waals surface area contributed by atoms with Gasteiger partial charge in [-0.3, -0.25) is 0 Å². The van der Waals surface area contributed by atoms with E-state index in [2.05, 4.69) is 31.8 Å². The summed E-state index contributed by atoms with van der Waals surface area (Å²) in [5, 5.41) is 3.80. The van der Waals surface area contributed by atoms with Gasteiger partial charge in [-0.15, -0.1) is 0 Å². The molecule has 0 aliphatic carbocycles. The monoisotopic (exact) mass is 261 g/mol. The van der Waals surface area contributed by atoms with Crippen molar-refractivity contribution < 1.29 is 0 Å². The van der Waals surface area contributed by atoms with Crippen molar-refractivity contribution in [2.24, 2.45) is 0 Å². The molecule has 0 bridgehead atoms. The summed E-state index contributed by atoms with van der Waals surface area (Å²) in [5.41, 5.74) is 2.14. The molecule has 0 radical (unpaired) electrons. The summed E-state index contributed by atoms with van der Waals surface area (Å²) in [4.78, 5) is 15.3. The van der Waals surface area contributed by atoms with Gasteiger partial charge in [-0.05, 0) is 19.1 Å². The molecular weight excluding hydrogens is 250 g/mol. The van der Waals surface area contributed by atoms with Crippen LogP contribution >= 0.6 is 11.6 Å². The molecule has 2 aromatic rings. The molecule has 0 aliphatic rings. The number of allylic oxidation sites excluding steroid dienone is 4. The van der Waals surface area contributed by atoms with E-state index in [0.29, 0.717) is 16.5 Å². The Bertz CT molecular complexity index is 622. The fourth-order valence-electron chi connectivity index (χ4n) is 1.46. The first-order valence-corrected chi connectivity index (χ1v) is 5.66. The Labute approximate surface area is 109 Å². The third kappa shape index (κ3) is 2.75. The van der Waals surface area contributed by atoms with Crippen LogP contribution in [0.4, 0.5) is 5.82 Å². The van der Waals surface area contributed by atoms with Crippen LogP contribution < -0.4 is 5.32 Å². The molecule has 0 saturated heterocycles. The quantitative estimate of drug-likeness (QED) is 0.831. The number of nitrogens with one attached hydrogen (secondary N) is 2. The van der Waals surface area contributed by atoms with E-state index in [4.69, 9.17) is 11.6 Å². The van der Waals surface area contributed by atoms with Gasteiger partial charge in [-0.1, -0.05) is 24.3 Å². The minimum absolute atomic E-state index is 0.608. The summed E-state index contributed by atoms with van der Waals surface area (Å²) in [6.45, 7) is 5.46. The Morgan fingerprint density at radius 2 is 2.28 bits per heavy atom. The molecule has 0 amide bonds. The van der Waals surface area contributed by atoms with Gasteiger partial charge >= 0.3 is 0 Å². The molecule has 0 atom stereocenters. The van der Waals surface area contributed by atoms with Crippen molar-refractivity contribution in [1.82, 2.24) is 19.9 Å². The van der Waals surface area contributed by atoms with Crippen LogP contribution in [0.5, 0.6) is 0 Å². The second kappa shape index (κ2) is 5.46. The number of fused-ring (bicyclic) bond motifs is 1. The van der Waals surface area contributed by atoms with Crippen molar-refractivity contribution in [3.8, 4) is 0 Å². The fraction of sp³-hybridized carbons (Fsp3) is 0.0833. The number of rotatable bonds is 4. The topological polar surface area (TPSA) is 66.5 Å². The number of H-pyrrole nitrogens is 1. The number of hydrogen-bond acceptors (Lipinski definition) is 4. The van der Waals surface area contributed by atoms with E-state index in [1.54, 1.807) is 31.5 Å². The second-order valence-corrected chi connectivity index (χ2v) is 4.13.